The van der Waals surface area contributed by atoms with Crippen LogP contribution in [0, 0.1) is 0 Å². The molecule has 2 unspecified atom stereocenters. The predicted molar refractivity (Wildman–Crippen MR) is 149 cm³/mol. The fourth-order valence-electron chi connectivity index (χ4n) is 5.73. The number of H-pyrrole nitrogens is 1. The number of ether oxygens (including phenoxy) is 1. The Kier molecular flexibility index (Phi) is 8.05. The van der Waals surface area contributed by atoms with E-state index in [1.165, 1.54) is 0 Å². The number of carbonyl (C=O) groups excluding carboxylic acids is 1. The summed E-state index contributed by atoms with van der Waals surface area (Å²) < 4.78 is 9.28. The number of fused-ring (bicyclic) bond motifs is 1. The Morgan fingerprint density at radius 1 is 1.05 bits per heavy atom. The van der Waals surface area contributed by atoms with Crippen LogP contribution in [-0.4, -0.2) is 42.6 Å². The van der Waals surface area contributed by atoms with E-state index in [0.717, 1.165) is 65.6 Å². The molecule has 9 heteroatoms. The van der Waals surface area contributed by atoms with Gasteiger partial charge in [-0.05, 0) is 61.4 Å². The first-order chi connectivity index (χ1) is 19.0. The van der Waals surface area contributed by atoms with Crippen molar-refractivity contribution < 1.29 is 9.53 Å². The number of carbonyl (C=O) groups is 1. The van der Waals surface area contributed by atoms with Crippen molar-refractivity contribution in [3.8, 4) is 22.5 Å². The van der Waals surface area contributed by atoms with Crippen LogP contribution in [0.3, 0.4) is 0 Å². The van der Waals surface area contributed by atoms with Gasteiger partial charge in [0.05, 0.1) is 19.1 Å². The fourth-order valence-corrected chi connectivity index (χ4v) is 5.73. The Balaban J connectivity index is 1.48. The summed E-state index contributed by atoms with van der Waals surface area (Å²) >= 11 is 0. The molecule has 0 amide bonds. The number of benzene rings is 2. The molecule has 204 valence electrons. The van der Waals surface area contributed by atoms with Crippen molar-refractivity contribution in [2.75, 3.05) is 6.61 Å². The zero-order valence-electron chi connectivity index (χ0n) is 22.9. The van der Waals surface area contributed by atoms with Gasteiger partial charge in [-0.2, -0.15) is 5.21 Å². The maximum atomic E-state index is 13.9. The minimum Gasteiger partial charge on any atom is -0.466 e. The van der Waals surface area contributed by atoms with Crippen LogP contribution in [0.15, 0.2) is 53.3 Å². The van der Waals surface area contributed by atoms with Gasteiger partial charge < -0.3 is 4.74 Å². The quantitative estimate of drug-likeness (QED) is 0.281. The molecule has 2 atom stereocenters. The maximum absolute atomic E-state index is 13.9. The lowest BCUT2D eigenvalue weighted by molar-refractivity contribution is -0.144. The van der Waals surface area contributed by atoms with Crippen LogP contribution in [0.1, 0.15) is 81.8 Å². The first kappa shape index (κ1) is 26.6. The Labute approximate surface area is 228 Å². The molecular weight excluding hydrogens is 492 g/mol. The minimum atomic E-state index is -0.245. The van der Waals surface area contributed by atoms with Crippen LogP contribution in [0.25, 0.3) is 22.5 Å². The van der Waals surface area contributed by atoms with Crippen molar-refractivity contribution in [3.05, 3.63) is 75.7 Å². The molecule has 1 aliphatic heterocycles. The Bertz CT molecular complexity index is 1470. The Morgan fingerprint density at radius 2 is 1.82 bits per heavy atom. The number of tetrazole rings is 1. The summed E-state index contributed by atoms with van der Waals surface area (Å²) in [7, 11) is 0. The van der Waals surface area contributed by atoms with Crippen molar-refractivity contribution in [2.45, 2.75) is 77.8 Å². The van der Waals surface area contributed by atoms with Gasteiger partial charge in [0.2, 0.25) is 5.82 Å². The zero-order chi connectivity index (χ0) is 27.4. The minimum absolute atomic E-state index is 0.0217. The van der Waals surface area contributed by atoms with E-state index in [9.17, 15) is 9.59 Å². The van der Waals surface area contributed by atoms with E-state index in [1.807, 2.05) is 35.9 Å². The molecule has 2 aromatic heterocycles. The fraction of sp³-hybridized carbons (Fsp3) is 0.433. The molecule has 0 aliphatic carbocycles. The highest BCUT2D eigenvalue weighted by Crippen LogP contribution is 2.34. The number of hydrogen-bond acceptors (Lipinski definition) is 6. The highest BCUT2D eigenvalue weighted by atomic mass is 16.5. The topological polar surface area (TPSA) is 108 Å². The molecule has 0 spiro atoms. The number of aromatic amines is 1. The van der Waals surface area contributed by atoms with Gasteiger partial charge in [0.15, 0.2) is 0 Å². The summed E-state index contributed by atoms with van der Waals surface area (Å²) in [6.07, 6.45) is 5.42. The zero-order valence-corrected chi connectivity index (χ0v) is 22.9. The molecule has 3 heterocycles. The van der Waals surface area contributed by atoms with Crippen LogP contribution in [-0.2, 0) is 22.4 Å². The third-order valence-corrected chi connectivity index (χ3v) is 7.64. The molecule has 39 heavy (non-hydrogen) atoms. The second kappa shape index (κ2) is 11.8. The number of nitrogens with zero attached hydrogens (tertiary/aromatic N) is 5. The molecule has 1 aliphatic rings. The van der Waals surface area contributed by atoms with Gasteiger partial charge in [-0.15, -0.1) is 10.2 Å². The van der Waals surface area contributed by atoms with E-state index in [2.05, 4.69) is 63.4 Å². The van der Waals surface area contributed by atoms with E-state index in [4.69, 9.17) is 4.74 Å². The molecular formula is C30H36N6O3. The molecule has 2 aromatic carbocycles. The first-order valence-electron chi connectivity index (χ1n) is 13.9. The Hall–Kier alpha value is -4.01. The predicted octanol–water partition coefficient (Wildman–Crippen LogP) is 5.28. The van der Waals surface area contributed by atoms with Gasteiger partial charge in [-0.25, -0.2) is 4.68 Å². The third-order valence-electron chi connectivity index (χ3n) is 7.64. The molecule has 0 saturated heterocycles. The maximum Gasteiger partial charge on any atom is 0.307 e. The highest BCUT2D eigenvalue weighted by Gasteiger charge is 2.32. The summed E-state index contributed by atoms with van der Waals surface area (Å²) in [5.41, 5.74) is 6.00. The van der Waals surface area contributed by atoms with Gasteiger partial charge in [0, 0.05) is 29.3 Å². The molecule has 9 nitrogen and oxygen atoms in total. The van der Waals surface area contributed by atoms with Crippen molar-refractivity contribution in [1.82, 2.24) is 30.0 Å². The average molecular weight is 529 g/mol. The second-order valence-corrected chi connectivity index (χ2v) is 10.3. The number of hydrogen-bond donors (Lipinski definition) is 1. The lowest BCUT2D eigenvalue weighted by Crippen LogP contribution is -2.35. The third kappa shape index (κ3) is 5.44. The number of nitrogens with one attached hydrogen (secondary N) is 1. The van der Waals surface area contributed by atoms with Crippen LogP contribution >= 0.6 is 0 Å². The van der Waals surface area contributed by atoms with Gasteiger partial charge in [0.25, 0.3) is 5.56 Å². The second-order valence-electron chi connectivity index (χ2n) is 10.3. The highest BCUT2D eigenvalue weighted by molar-refractivity contribution is 5.80. The summed E-state index contributed by atoms with van der Waals surface area (Å²) in [6, 6.07) is 16.4. The number of rotatable bonds is 10. The molecule has 0 saturated carbocycles. The van der Waals surface area contributed by atoms with Crippen molar-refractivity contribution in [1.29, 1.82) is 0 Å². The standard InChI is InChI=1S/C30H36N6O3/c1-4-6-11-27-26(30(38)36-23(19-28(37)39-5-2)17-12-20(3)35(27)36)18-21-13-15-22(16-14-21)24-9-7-8-10-25(24)29-31-33-34-32-29/h7-10,13-16,20,23H,4-6,11-12,17-19H2,1-3H3,(H,31,32,33,34). The molecule has 0 radical (unpaired) electrons. The first-order valence-corrected chi connectivity index (χ1v) is 13.9. The molecule has 0 bridgehead atoms. The van der Waals surface area contributed by atoms with Crippen LogP contribution in [0.4, 0.5) is 0 Å². The van der Waals surface area contributed by atoms with Crippen molar-refractivity contribution in [2.24, 2.45) is 0 Å². The number of unbranched alkanes of at least 4 members (excludes halogenated alkanes) is 1. The largest absolute Gasteiger partial charge is 0.466 e. The molecule has 5 rings (SSSR count). The van der Waals surface area contributed by atoms with E-state index in [0.29, 0.717) is 18.9 Å². The summed E-state index contributed by atoms with van der Waals surface area (Å²) in [5, 5.41) is 14.5. The summed E-state index contributed by atoms with van der Waals surface area (Å²) in [6.45, 7) is 6.50. The van der Waals surface area contributed by atoms with Crippen LogP contribution < -0.4 is 5.56 Å². The average Bonchev–Trinajstić information content (AvgIpc) is 3.58. The normalized spacial score (nSPS) is 16.7. The lowest BCUT2D eigenvalue weighted by atomic mass is 9.96. The molecule has 1 N–H and O–H groups in total. The van der Waals surface area contributed by atoms with Gasteiger partial charge >= 0.3 is 5.97 Å². The van der Waals surface area contributed by atoms with Gasteiger partial charge in [-0.3, -0.25) is 14.3 Å². The van der Waals surface area contributed by atoms with Crippen molar-refractivity contribution in [3.63, 3.8) is 0 Å². The van der Waals surface area contributed by atoms with E-state index in [-0.39, 0.29) is 30.0 Å². The number of aromatic nitrogens is 6. The van der Waals surface area contributed by atoms with Gasteiger partial charge in [-0.1, -0.05) is 61.9 Å². The molecule has 0 fully saturated rings. The van der Waals surface area contributed by atoms with E-state index >= 15 is 0 Å². The van der Waals surface area contributed by atoms with Crippen LogP contribution in [0.2, 0.25) is 0 Å². The van der Waals surface area contributed by atoms with Gasteiger partial charge in [0.1, 0.15) is 0 Å². The van der Waals surface area contributed by atoms with E-state index in [1.54, 1.807) is 0 Å². The summed E-state index contributed by atoms with van der Waals surface area (Å²) in [5.74, 6) is 0.305. The SMILES string of the molecule is CCCCc1c(Cc2ccc(-c3ccccc3-c3nn[nH]n3)cc2)c(=O)n2n1C(C)CCC2CC(=O)OCC. The van der Waals surface area contributed by atoms with E-state index < -0.39 is 0 Å². The monoisotopic (exact) mass is 528 g/mol. The van der Waals surface area contributed by atoms with Crippen molar-refractivity contribution >= 4 is 5.97 Å². The molecule has 4 aromatic rings. The smallest absolute Gasteiger partial charge is 0.307 e. The number of esters is 1. The lowest BCUT2D eigenvalue weighted by Gasteiger charge is -2.32. The Morgan fingerprint density at radius 3 is 2.51 bits per heavy atom. The summed E-state index contributed by atoms with van der Waals surface area (Å²) in [4.78, 5) is 26.3. The van der Waals surface area contributed by atoms with Crippen LogP contribution in [0.5, 0.6) is 0 Å².